The van der Waals surface area contributed by atoms with Gasteiger partial charge >= 0.3 is 0 Å². The van der Waals surface area contributed by atoms with E-state index in [9.17, 15) is 19.2 Å². The number of hydrogen-bond acceptors (Lipinski definition) is 4. The largest absolute Gasteiger partial charge is 0.339 e. The molecule has 1 N–H and O–H groups in total. The van der Waals surface area contributed by atoms with Crippen molar-refractivity contribution in [3.63, 3.8) is 0 Å². The van der Waals surface area contributed by atoms with E-state index < -0.39 is 11.2 Å². The smallest absolute Gasteiger partial charge is 0.254 e. The highest BCUT2D eigenvalue weighted by Crippen LogP contribution is 2.35. The van der Waals surface area contributed by atoms with Gasteiger partial charge in [-0.25, -0.2) is 4.39 Å². The van der Waals surface area contributed by atoms with Gasteiger partial charge in [0.1, 0.15) is 5.82 Å². The summed E-state index contributed by atoms with van der Waals surface area (Å²) in [5.74, 6) is -0.879. The van der Waals surface area contributed by atoms with Crippen LogP contribution in [-0.4, -0.2) is 41.8 Å². The Bertz CT molecular complexity index is 935. The molecule has 1 aliphatic heterocycles. The summed E-state index contributed by atoms with van der Waals surface area (Å²) in [5, 5.41) is 12.4. The summed E-state index contributed by atoms with van der Waals surface area (Å²) >= 11 is 1.36. The number of amides is 2. The lowest BCUT2D eigenvalue weighted by Crippen LogP contribution is -2.44. The first-order chi connectivity index (χ1) is 14.0. The molecular weight excluding hydrogens is 389 g/mol. The fraction of sp³-hybridized carbons (Fsp3) is 0.318. The number of likely N-dealkylation sites (tertiary alicyclic amines) is 1. The van der Waals surface area contributed by atoms with Crippen LogP contribution in [0.3, 0.4) is 0 Å². The van der Waals surface area contributed by atoms with Gasteiger partial charge in [-0.1, -0.05) is 30.3 Å². The first-order valence-corrected chi connectivity index (χ1v) is 10.7. The summed E-state index contributed by atoms with van der Waals surface area (Å²) < 4.78 is 14.0. The lowest BCUT2D eigenvalue weighted by atomic mass is 9.74. The van der Waals surface area contributed by atoms with Gasteiger partial charge in [0.15, 0.2) is 0 Å². The third kappa shape index (κ3) is 4.77. The fourth-order valence-corrected chi connectivity index (χ4v) is 3.94. The first kappa shape index (κ1) is 20.9. The van der Waals surface area contributed by atoms with E-state index in [0.717, 1.165) is 5.56 Å². The second kappa shape index (κ2) is 9.10. The van der Waals surface area contributed by atoms with Crippen molar-refractivity contribution in [2.24, 2.45) is 0 Å². The van der Waals surface area contributed by atoms with Crippen LogP contribution in [0.1, 0.15) is 28.8 Å². The molecule has 0 saturated carbocycles. The number of rotatable bonds is 5. The minimum Gasteiger partial charge on any atom is -0.339 e. The maximum Gasteiger partial charge on any atom is 0.254 e. The van der Waals surface area contributed by atoms with Gasteiger partial charge in [-0.2, -0.15) is 17.0 Å². The molecule has 0 aromatic heterocycles. The molecule has 0 aliphatic carbocycles. The average Bonchev–Trinajstić information content (AvgIpc) is 2.73. The number of nitrogens with zero attached hydrogens (tertiary/aromatic N) is 2. The van der Waals surface area contributed by atoms with E-state index in [-0.39, 0.29) is 28.8 Å². The monoisotopic (exact) mass is 411 g/mol. The highest BCUT2D eigenvalue weighted by molar-refractivity contribution is 7.99. The van der Waals surface area contributed by atoms with Crippen LogP contribution in [0.15, 0.2) is 48.5 Å². The number of nitriles is 1. The molecule has 1 heterocycles. The molecule has 0 spiro atoms. The number of piperidine rings is 1. The van der Waals surface area contributed by atoms with E-state index in [1.807, 2.05) is 30.3 Å². The van der Waals surface area contributed by atoms with Crippen LogP contribution in [-0.2, 0) is 10.2 Å². The maximum absolute atomic E-state index is 14.0. The molecule has 0 radical (unpaired) electrons. The number of thioether (sulfide) groups is 1. The molecule has 0 unspecified atom stereocenters. The molecule has 1 aliphatic rings. The molecule has 150 valence electrons. The van der Waals surface area contributed by atoms with E-state index in [0.29, 0.717) is 25.9 Å². The Morgan fingerprint density at radius 1 is 1.21 bits per heavy atom. The number of hydrogen-bond donors (Lipinski definition) is 1. The maximum atomic E-state index is 14.0. The summed E-state index contributed by atoms with van der Waals surface area (Å²) in [6.45, 7) is 0.817. The van der Waals surface area contributed by atoms with Gasteiger partial charge in [-0.3, -0.25) is 9.59 Å². The van der Waals surface area contributed by atoms with Crippen molar-refractivity contribution in [3.05, 3.63) is 65.5 Å². The van der Waals surface area contributed by atoms with Gasteiger partial charge in [0.05, 0.1) is 17.2 Å². The zero-order chi connectivity index (χ0) is 20.9. The first-order valence-electron chi connectivity index (χ1n) is 9.33. The standard InChI is InChI=1S/C22H22FN3O2S/c1-29-14-20(27)25-19-12-16(11-18(23)13-19)21(28)26-9-7-22(15-24,8-10-26)17-5-3-2-4-6-17/h2-6,11-13H,7-10,14H2,1H3,(H,25,27). The zero-order valence-electron chi connectivity index (χ0n) is 16.2. The molecule has 2 aromatic carbocycles. The SMILES string of the molecule is CSCC(=O)Nc1cc(F)cc(C(=O)N2CCC(C#N)(c3ccccc3)CC2)c1. The van der Waals surface area contributed by atoms with Gasteiger partial charge in [-0.15, -0.1) is 0 Å². The Morgan fingerprint density at radius 2 is 1.90 bits per heavy atom. The van der Waals surface area contributed by atoms with E-state index >= 15 is 0 Å². The highest BCUT2D eigenvalue weighted by Gasteiger charge is 2.37. The number of halogens is 1. The Kier molecular flexibility index (Phi) is 6.55. The molecule has 7 heteroatoms. The van der Waals surface area contributed by atoms with Gasteiger partial charge in [-0.05, 0) is 42.9 Å². The number of nitrogens with one attached hydrogen (secondary N) is 1. The highest BCUT2D eigenvalue weighted by atomic mass is 32.2. The molecular formula is C22H22FN3O2S. The van der Waals surface area contributed by atoms with Crippen LogP contribution in [0.2, 0.25) is 0 Å². The Labute approximate surface area is 173 Å². The third-order valence-electron chi connectivity index (χ3n) is 5.15. The topological polar surface area (TPSA) is 73.2 Å². The summed E-state index contributed by atoms with van der Waals surface area (Å²) in [6, 6.07) is 15.9. The van der Waals surface area contributed by atoms with Gasteiger partial charge in [0.25, 0.3) is 5.91 Å². The lowest BCUT2D eigenvalue weighted by molar-refractivity contribution is -0.113. The second-order valence-corrected chi connectivity index (χ2v) is 7.93. The summed E-state index contributed by atoms with van der Waals surface area (Å²) in [5.41, 5.74) is 0.796. The molecule has 29 heavy (non-hydrogen) atoms. The number of benzene rings is 2. The van der Waals surface area contributed by atoms with Crippen LogP contribution < -0.4 is 5.32 Å². The van der Waals surface area contributed by atoms with Crippen molar-refractivity contribution in [1.82, 2.24) is 4.90 Å². The van der Waals surface area contributed by atoms with Gasteiger partial charge in [0.2, 0.25) is 5.91 Å². The molecule has 1 fully saturated rings. The van der Waals surface area contributed by atoms with Gasteiger partial charge in [0, 0.05) is 24.3 Å². The van der Waals surface area contributed by atoms with Crippen molar-refractivity contribution in [2.45, 2.75) is 18.3 Å². The minimum absolute atomic E-state index is 0.189. The van der Waals surface area contributed by atoms with E-state index in [1.165, 1.54) is 30.0 Å². The van der Waals surface area contributed by atoms with E-state index in [2.05, 4.69) is 11.4 Å². The summed E-state index contributed by atoms with van der Waals surface area (Å²) in [4.78, 5) is 26.3. The lowest BCUT2D eigenvalue weighted by Gasteiger charge is -2.37. The molecule has 2 amide bonds. The van der Waals surface area contributed by atoms with Crippen LogP contribution in [0.25, 0.3) is 0 Å². The predicted octanol–water partition coefficient (Wildman–Crippen LogP) is 3.82. The Hall–Kier alpha value is -2.85. The van der Waals surface area contributed by atoms with Crippen molar-refractivity contribution in [3.8, 4) is 6.07 Å². The summed E-state index contributed by atoms with van der Waals surface area (Å²) in [7, 11) is 0. The average molecular weight is 412 g/mol. The molecule has 2 aromatic rings. The third-order valence-corrected chi connectivity index (χ3v) is 5.70. The molecule has 0 atom stereocenters. The summed E-state index contributed by atoms with van der Waals surface area (Å²) in [6.07, 6.45) is 2.84. The number of anilines is 1. The molecule has 1 saturated heterocycles. The van der Waals surface area contributed by atoms with Crippen molar-refractivity contribution >= 4 is 29.3 Å². The Morgan fingerprint density at radius 3 is 2.52 bits per heavy atom. The Balaban J connectivity index is 1.73. The van der Waals surface area contributed by atoms with Crippen molar-refractivity contribution in [2.75, 3.05) is 30.4 Å². The minimum atomic E-state index is -0.614. The normalized spacial score (nSPS) is 15.4. The molecule has 5 nitrogen and oxygen atoms in total. The van der Waals surface area contributed by atoms with Crippen LogP contribution in [0, 0.1) is 17.1 Å². The zero-order valence-corrected chi connectivity index (χ0v) is 17.0. The van der Waals surface area contributed by atoms with Gasteiger partial charge < -0.3 is 10.2 Å². The van der Waals surface area contributed by atoms with Crippen LogP contribution in [0.5, 0.6) is 0 Å². The quantitative estimate of drug-likeness (QED) is 0.812. The molecule has 3 rings (SSSR count). The van der Waals surface area contributed by atoms with Crippen molar-refractivity contribution in [1.29, 1.82) is 5.26 Å². The molecule has 0 bridgehead atoms. The van der Waals surface area contributed by atoms with Crippen LogP contribution >= 0.6 is 11.8 Å². The predicted molar refractivity (Wildman–Crippen MR) is 112 cm³/mol. The van der Waals surface area contributed by atoms with Crippen LogP contribution in [0.4, 0.5) is 10.1 Å². The second-order valence-electron chi connectivity index (χ2n) is 7.06. The van der Waals surface area contributed by atoms with E-state index in [4.69, 9.17) is 0 Å². The van der Waals surface area contributed by atoms with Crippen molar-refractivity contribution < 1.29 is 14.0 Å². The van der Waals surface area contributed by atoms with E-state index in [1.54, 1.807) is 11.2 Å². The number of carbonyl (C=O) groups excluding carboxylic acids is 2. The fourth-order valence-electron chi connectivity index (χ4n) is 3.61. The number of carbonyl (C=O) groups is 2.